The first-order valence-electron chi connectivity index (χ1n) is 10.7. The van der Waals surface area contributed by atoms with Gasteiger partial charge in [-0.15, -0.1) is 0 Å². The van der Waals surface area contributed by atoms with E-state index in [9.17, 15) is 14.4 Å². The summed E-state index contributed by atoms with van der Waals surface area (Å²) in [6.07, 6.45) is 7.10. The summed E-state index contributed by atoms with van der Waals surface area (Å²) in [7, 11) is 0. The summed E-state index contributed by atoms with van der Waals surface area (Å²) in [4.78, 5) is 36.7. The van der Waals surface area contributed by atoms with Gasteiger partial charge >= 0.3 is 5.97 Å². The molecule has 0 unspecified atom stereocenters. The van der Waals surface area contributed by atoms with Crippen LogP contribution in [0, 0.1) is 34.5 Å². The molecule has 1 aromatic carbocycles. The SMILES string of the molecule is N#CCCNC(=O)COC(=O)c1ccc(NC(=O)C23CC4CC(CC(C4)C2)C3)cc1. The summed E-state index contributed by atoms with van der Waals surface area (Å²) >= 11 is 0. The number of nitrogens with zero attached hydrogens (tertiary/aromatic N) is 1. The van der Waals surface area contributed by atoms with Crippen molar-refractivity contribution in [2.75, 3.05) is 18.5 Å². The predicted octanol–water partition coefficient (Wildman–Crippen LogP) is 3.03. The third-order valence-corrected chi connectivity index (χ3v) is 6.79. The van der Waals surface area contributed by atoms with Gasteiger partial charge in [-0.25, -0.2) is 4.79 Å². The molecule has 4 aliphatic rings. The number of hydrogen-bond acceptors (Lipinski definition) is 5. The van der Waals surface area contributed by atoms with E-state index in [0.29, 0.717) is 29.0 Å². The van der Waals surface area contributed by atoms with Crippen LogP contribution in [0.25, 0.3) is 0 Å². The number of anilines is 1. The summed E-state index contributed by atoms with van der Waals surface area (Å²) in [5.41, 5.74) is 0.764. The molecule has 0 saturated heterocycles. The molecule has 7 nitrogen and oxygen atoms in total. The van der Waals surface area contributed by atoms with Gasteiger partial charge < -0.3 is 15.4 Å². The lowest BCUT2D eigenvalue weighted by atomic mass is 9.49. The third kappa shape index (κ3) is 4.33. The molecule has 4 bridgehead atoms. The van der Waals surface area contributed by atoms with Gasteiger partial charge in [-0.1, -0.05) is 0 Å². The maximum Gasteiger partial charge on any atom is 0.338 e. The summed E-state index contributed by atoms with van der Waals surface area (Å²) in [6, 6.07) is 8.49. The molecule has 0 aromatic heterocycles. The van der Waals surface area contributed by atoms with Crippen molar-refractivity contribution in [2.45, 2.75) is 44.9 Å². The van der Waals surface area contributed by atoms with Crippen molar-refractivity contribution in [3.05, 3.63) is 29.8 Å². The van der Waals surface area contributed by atoms with Gasteiger partial charge in [0.05, 0.1) is 23.5 Å². The molecule has 30 heavy (non-hydrogen) atoms. The molecule has 0 spiro atoms. The first-order chi connectivity index (χ1) is 14.5. The van der Waals surface area contributed by atoms with Crippen molar-refractivity contribution in [1.82, 2.24) is 5.32 Å². The molecule has 7 heteroatoms. The minimum Gasteiger partial charge on any atom is -0.452 e. The molecule has 0 atom stereocenters. The fraction of sp³-hybridized carbons (Fsp3) is 0.565. The number of hydrogen-bond donors (Lipinski definition) is 2. The van der Waals surface area contributed by atoms with E-state index in [1.807, 2.05) is 6.07 Å². The molecule has 4 fully saturated rings. The Morgan fingerprint density at radius 3 is 2.20 bits per heavy atom. The molecule has 0 aliphatic heterocycles. The van der Waals surface area contributed by atoms with Crippen LogP contribution >= 0.6 is 0 Å². The highest BCUT2D eigenvalue weighted by molar-refractivity contribution is 5.96. The summed E-state index contributed by atoms with van der Waals surface area (Å²) in [5, 5.41) is 14.0. The lowest BCUT2D eigenvalue weighted by Crippen LogP contribution is -2.51. The van der Waals surface area contributed by atoms with Crippen LogP contribution < -0.4 is 10.6 Å². The van der Waals surface area contributed by atoms with Crippen LogP contribution in [0.1, 0.15) is 55.3 Å². The van der Waals surface area contributed by atoms with Gasteiger partial charge in [0.2, 0.25) is 5.91 Å². The summed E-state index contributed by atoms with van der Waals surface area (Å²) in [6.45, 7) is -0.167. The Hall–Kier alpha value is -2.88. The standard InChI is InChI=1S/C23H27N3O4/c24-6-1-7-25-20(27)14-30-21(28)18-2-4-19(5-3-18)26-22(29)23-11-15-8-16(12-23)10-17(9-15)13-23/h2-5,15-17H,1,7-14H2,(H,25,27)(H,26,29). The van der Waals surface area contributed by atoms with E-state index in [0.717, 1.165) is 19.3 Å². The van der Waals surface area contributed by atoms with Crippen LogP contribution in [-0.4, -0.2) is 30.9 Å². The molecule has 5 rings (SSSR count). The Labute approximate surface area is 176 Å². The van der Waals surface area contributed by atoms with Gasteiger partial charge in [0, 0.05) is 12.2 Å². The number of carbonyl (C=O) groups excluding carboxylic acids is 3. The lowest BCUT2D eigenvalue weighted by molar-refractivity contribution is -0.140. The first kappa shape index (κ1) is 20.4. The molecular weight excluding hydrogens is 382 g/mol. The zero-order valence-corrected chi connectivity index (χ0v) is 17.0. The fourth-order valence-electron chi connectivity index (χ4n) is 5.87. The normalized spacial score (nSPS) is 28.4. The van der Waals surface area contributed by atoms with Crippen molar-refractivity contribution < 1.29 is 19.1 Å². The van der Waals surface area contributed by atoms with Gasteiger partial charge in [-0.2, -0.15) is 5.26 Å². The van der Waals surface area contributed by atoms with Crippen molar-refractivity contribution >= 4 is 23.5 Å². The van der Waals surface area contributed by atoms with Gasteiger partial charge in [0.15, 0.2) is 6.61 Å². The smallest absolute Gasteiger partial charge is 0.338 e. The average Bonchev–Trinajstić information content (AvgIpc) is 2.72. The Balaban J connectivity index is 1.30. The highest BCUT2D eigenvalue weighted by Crippen LogP contribution is 2.60. The van der Waals surface area contributed by atoms with Crippen LogP contribution in [0.3, 0.4) is 0 Å². The van der Waals surface area contributed by atoms with Crippen molar-refractivity contribution in [2.24, 2.45) is 23.2 Å². The predicted molar refractivity (Wildman–Crippen MR) is 109 cm³/mol. The van der Waals surface area contributed by atoms with E-state index in [1.54, 1.807) is 24.3 Å². The van der Waals surface area contributed by atoms with Crippen molar-refractivity contribution in [3.8, 4) is 6.07 Å². The maximum absolute atomic E-state index is 13.1. The highest BCUT2D eigenvalue weighted by atomic mass is 16.5. The zero-order valence-electron chi connectivity index (χ0n) is 17.0. The van der Waals surface area contributed by atoms with Crippen LogP contribution in [-0.2, 0) is 14.3 Å². The van der Waals surface area contributed by atoms with E-state index >= 15 is 0 Å². The number of rotatable bonds is 7. The molecule has 2 amide bonds. The van der Waals surface area contributed by atoms with Crippen LogP contribution in [0.15, 0.2) is 24.3 Å². The average molecular weight is 409 g/mol. The highest BCUT2D eigenvalue weighted by Gasteiger charge is 2.54. The van der Waals surface area contributed by atoms with E-state index in [4.69, 9.17) is 10.00 Å². The lowest BCUT2D eigenvalue weighted by Gasteiger charge is -2.55. The van der Waals surface area contributed by atoms with E-state index < -0.39 is 18.5 Å². The second kappa shape index (κ2) is 8.47. The van der Waals surface area contributed by atoms with E-state index in [1.165, 1.54) is 19.3 Å². The van der Waals surface area contributed by atoms with Gasteiger partial charge in [0.25, 0.3) is 5.91 Å². The zero-order chi connectivity index (χ0) is 21.1. The number of benzene rings is 1. The maximum atomic E-state index is 13.1. The second-order valence-electron chi connectivity index (χ2n) is 9.06. The third-order valence-electron chi connectivity index (χ3n) is 6.79. The Morgan fingerprint density at radius 1 is 1.03 bits per heavy atom. The van der Waals surface area contributed by atoms with Crippen molar-refractivity contribution in [1.29, 1.82) is 5.26 Å². The van der Waals surface area contributed by atoms with E-state index in [2.05, 4.69) is 10.6 Å². The molecule has 4 aliphatic carbocycles. The number of nitrogens with one attached hydrogen (secondary N) is 2. The Bertz CT molecular complexity index is 836. The number of ether oxygens (including phenoxy) is 1. The van der Waals surface area contributed by atoms with E-state index in [-0.39, 0.29) is 24.3 Å². The molecule has 4 saturated carbocycles. The van der Waals surface area contributed by atoms with Gasteiger partial charge in [0.1, 0.15) is 0 Å². The van der Waals surface area contributed by atoms with Gasteiger partial charge in [-0.3, -0.25) is 9.59 Å². The quantitative estimate of drug-likeness (QED) is 0.532. The number of esters is 1. The van der Waals surface area contributed by atoms with Crippen molar-refractivity contribution in [3.63, 3.8) is 0 Å². The first-order valence-corrected chi connectivity index (χ1v) is 10.7. The largest absolute Gasteiger partial charge is 0.452 e. The minimum absolute atomic E-state index is 0.117. The molecule has 1 aromatic rings. The number of amides is 2. The Morgan fingerprint density at radius 2 is 1.63 bits per heavy atom. The topological polar surface area (TPSA) is 108 Å². The molecule has 0 heterocycles. The minimum atomic E-state index is -0.607. The molecule has 158 valence electrons. The molecular formula is C23H27N3O4. The molecule has 2 N–H and O–H groups in total. The monoisotopic (exact) mass is 409 g/mol. The number of carbonyl (C=O) groups is 3. The van der Waals surface area contributed by atoms with Crippen LogP contribution in [0.5, 0.6) is 0 Å². The second-order valence-corrected chi connectivity index (χ2v) is 9.06. The molecule has 0 radical (unpaired) electrons. The van der Waals surface area contributed by atoms with Crippen LogP contribution in [0.4, 0.5) is 5.69 Å². The Kier molecular flexibility index (Phi) is 5.76. The van der Waals surface area contributed by atoms with Gasteiger partial charge in [-0.05, 0) is 80.5 Å². The summed E-state index contributed by atoms with van der Waals surface area (Å²) in [5.74, 6) is 1.18. The van der Waals surface area contributed by atoms with Crippen LogP contribution in [0.2, 0.25) is 0 Å². The fourth-order valence-corrected chi connectivity index (χ4v) is 5.87. The summed E-state index contributed by atoms with van der Waals surface area (Å²) < 4.78 is 4.98. The number of nitriles is 1.